The number of halogens is 3. The zero-order valence-electron chi connectivity index (χ0n) is 7.00. The number of aromatic nitrogens is 1. The summed E-state index contributed by atoms with van der Waals surface area (Å²) in [5.74, 6) is 0. The largest absolute Gasteiger partial charge is 0.312 e. The SMILES string of the molecule is NS(=O)(=O)c1c(C(F)F)cc(Cl)[nH]c1=O. The number of H-pyrrole nitrogens is 1. The van der Waals surface area contributed by atoms with Crippen LogP contribution in [0.3, 0.4) is 0 Å². The minimum Gasteiger partial charge on any atom is -0.312 e. The van der Waals surface area contributed by atoms with E-state index in [0.717, 1.165) is 0 Å². The van der Waals surface area contributed by atoms with Crippen molar-refractivity contribution in [1.82, 2.24) is 4.98 Å². The number of nitrogens with two attached hydrogens (primary N) is 1. The number of primary sulfonamides is 1. The maximum absolute atomic E-state index is 12.4. The van der Waals surface area contributed by atoms with Crippen LogP contribution in [0.25, 0.3) is 0 Å². The molecule has 0 aliphatic heterocycles. The van der Waals surface area contributed by atoms with E-state index in [-0.39, 0.29) is 5.15 Å². The molecule has 1 aromatic heterocycles. The molecule has 0 atom stereocenters. The molecule has 15 heavy (non-hydrogen) atoms. The van der Waals surface area contributed by atoms with E-state index >= 15 is 0 Å². The lowest BCUT2D eigenvalue weighted by Crippen LogP contribution is -2.25. The monoisotopic (exact) mass is 258 g/mol. The second-order valence-electron chi connectivity index (χ2n) is 2.58. The topological polar surface area (TPSA) is 93.0 Å². The first-order valence-electron chi connectivity index (χ1n) is 3.47. The molecule has 0 spiro atoms. The van der Waals surface area contributed by atoms with Gasteiger partial charge in [0.1, 0.15) is 5.15 Å². The summed E-state index contributed by atoms with van der Waals surface area (Å²) in [4.78, 5) is 11.8. The zero-order chi connectivity index (χ0) is 11.8. The molecule has 0 bridgehead atoms. The van der Waals surface area contributed by atoms with E-state index in [4.69, 9.17) is 11.6 Å². The quantitative estimate of drug-likeness (QED) is 0.761. The fourth-order valence-corrected chi connectivity index (χ4v) is 1.98. The molecule has 0 unspecified atom stereocenters. The number of hydrogen-bond acceptors (Lipinski definition) is 3. The van der Waals surface area contributed by atoms with Gasteiger partial charge in [0.2, 0.25) is 10.0 Å². The number of alkyl halides is 2. The van der Waals surface area contributed by atoms with Crippen molar-refractivity contribution in [2.75, 3.05) is 0 Å². The first-order valence-corrected chi connectivity index (χ1v) is 5.39. The summed E-state index contributed by atoms with van der Waals surface area (Å²) >= 11 is 5.29. The Balaban J connectivity index is 3.71. The minimum atomic E-state index is -4.51. The van der Waals surface area contributed by atoms with E-state index in [1.165, 1.54) is 0 Å². The number of rotatable bonds is 2. The maximum Gasteiger partial charge on any atom is 0.269 e. The van der Waals surface area contributed by atoms with Crippen molar-refractivity contribution in [1.29, 1.82) is 0 Å². The number of sulfonamides is 1. The van der Waals surface area contributed by atoms with Crippen LogP contribution in [0.5, 0.6) is 0 Å². The van der Waals surface area contributed by atoms with Gasteiger partial charge in [0.15, 0.2) is 4.90 Å². The van der Waals surface area contributed by atoms with Crippen molar-refractivity contribution in [2.24, 2.45) is 5.14 Å². The number of hydrogen-bond donors (Lipinski definition) is 2. The predicted molar refractivity (Wildman–Crippen MR) is 48.4 cm³/mol. The Labute approximate surface area is 87.9 Å². The molecule has 0 aliphatic carbocycles. The molecule has 0 aromatic carbocycles. The Morgan fingerprint density at radius 1 is 1.47 bits per heavy atom. The van der Waals surface area contributed by atoms with Crippen LogP contribution >= 0.6 is 11.6 Å². The van der Waals surface area contributed by atoms with Crippen molar-refractivity contribution >= 4 is 21.6 Å². The zero-order valence-corrected chi connectivity index (χ0v) is 8.57. The van der Waals surface area contributed by atoms with Crippen LogP contribution in [0.2, 0.25) is 5.15 Å². The van der Waals surface area contributed by atoms with Crippen molar-refractivity contribution < 1.29 is 17.2 Å². The Kier molecular flexibility index (Phi) is 3.12. The summed E-state index contributed by atoms with van der Waals surface area (Å²) in [6, 6.07) is 0.646. The lowest BCUT2D eigenvalue weighted by molar-refractivity contribution is 0.147. The molecule has 0 radical (unpaired) electrons. The number of nitrogens with one attached hydrogen (secondary N) is 1. The molecule has 0 saturated heterocycles. The average Bonchev–Trinajstić information content (AvgIpc) is 1.99. The van der Waals surface area contributed by atoms with Gasteiger partial charge in [-0.1, -0.05) is 11.6 Å². The Hall–Kier alpha value is -0.990. The van der Waals surface area contributed by atoms with Crippen molar-refractivity contribution in [3.63, 3.8) is 0 Å². The molecular weight excluding hydrogens is 254 g/mol. The van der Waals surface area contributed by atoms with Crippen LogP contribution in [-0.4, -0.2) is 13.4 Å². The molecule has 0 aliphatic rings. The van der Waals surface area contributed by atoms with Gasteiger partial charge in [-0.15, -0.1) is 0 Å². The second kappa shape index (κ2) is 3.87. The van der Waals surface area contributed by atoms with Gasteiger partial charge in [-0.05, 0) is 6.07 Å². The smallest absolute Gasteiger partial charge is 0.269 e. The van der Waals surface area contributed by atoms with E-state index in [9.17, 15) is 22.0 Å². The Morgan fingerprint density at radius 3 is 2.40 bits per heavy atom. The molecule has 0 fully saturated rings. The molecule has 1 heterocycles. The Bertz CT molecular complexity index is 540. The van der Waals surface area contributed by atoms with Crippen LogP contribution in [0.4, 0.5) is 8.78 Å². The van der Waals surface area contributed by atoms with E-state index in [1.807, 2.05) is 4.98 Å². The van der Waals surface area contributed by atoms with Gasteiger partial charge in [-0.25, -0.2) is 22.3 Å². The lowest BCUT2D eigenvalue weighted by Gasteiger charge is -2.05. The highest BCUT2D eigenvalue weighted by Gasteiger charge is 2.24. The highest BCUT2D eigenvalue weighted by Crippen LogP contribution is 2.24. The molecule has 84 valence electrons. The number of aromatic amines is 1. The summed E-state index contributed by atoms with van der Waals surface area (Å²) in [5, 5.41) is 4.24. The molecular formula is C6H5ClF2N2O3S. The molecule has 1 aromatic rings. The number of pyridine rings is 1. The molecule has 0 amide bonds. The van der Waals surface area contributed by atoms with Crippen molar-refractivity contribution in [2.45, 2.75) is 11.3 Å². The van der Waals surface area contributed by atoms with Gasteiger partial charge in [0.25, 0.3) is 12.0 Å². The third-order valence-corrected chi connectivity index (χ3v) is 2.70. The van der Waals surface area contributed by atoms with Gasteiger partial charge in [0.05, 0.1) is 0 Å². The average molecular weight is 259 g/mol. The second-order valence-corrected chi connectivity index (χ2v) is 4.48. The van der Waals surface area contributed by atoms with Crippen LogP contribution < -0.4 is 10.7 Å². The lowest BCUT2D eigenvalue weighted by atomic mass is 10.3. The highest BCUT2D eigenvalue weighted by atomic mass is 35.5. The van der Waals surface area contributed by atoms with E-state index in [2.05, 4.69) is 5.14 Å². The van der Waals surface area contributed by atoms with Gasteiger partial charge in [-0.3, -0.25) is 4.79 Å². The summed E-state index contributed by atoms with van der Waals surface area (Å²) in [5.41, 5.74) is -2.27. The van der Waals surface area contributed by atoms with Crippen LogP contribution in [0.15, 0.2) is 15.8 Å². The molecule has 1 rings (SSSR count). The molecule has 5 nitrogen and oxygen atoms in total. The van der Waals surface area contributed by atoms with E-state index in [1.54, 1.807) is 0 Å². The maximum atomic E-state index is 12.4. The molecule has 3 N–H and O–H groups in total. The third-order valence-electron chi connectivity index (χ3n) is 1.50. The van der Waals surface area contributed by atoms with Crippen LogP contribution in [0, 0.1) is 0 Å². The van der Waals surface area contributed by atoms with Crippen molar-refractivity contribution in [3.05, 3.63) is 27.1 Å². The fourth-order valence-electron chi connectivity index (χ4n) is 0.990. The van der Waals surface area contributed by atoms with Crippen LogP contribution in [-0.2, 0) is 10.0 Å². The minimum absolute atomic E-state index is 0.386. The highest BCUT2D eigenvalue weighted by molar-refractivity contribution is 7.89. The van der Waals surface area contributed by atoms with Crippen LogP contribution in [0.1, 0.15) is 12.0 Å². The summed E-state index contributed by atoms with van der Waals surface area (Å²) in [6.07, 6.45) is -3.15. The molecule has 0 saturated carbocycles. The normalized spacial score (nSPS) is 12.1. The van der Waals surface area contributed by atoms with Gasteiger partial charge < -0.3 is 4.98 Å². The standard InChI is InChI=1S/C6H5ClF2N2O3S/c7-3-1-2(5(8)9)4(6(12)11-3)15(10,13)14/h1,5H,(H,11,12)(H2,10,13,14). The third kappa shape index (κ3) is 2.52. The van der Waals surface area contributed by atoms with Gasteiger partial charge in [0, 0.05) is 5.56 Å². The van der Waals surface area contributed by atoms with Gasteiger partial charge in [-0.2, -0.15) is 0 Å². The first-order chi connectivity index (χ1) is 6.73. The predicted octanol–water partition coefficient (Wildman–Crippen LogP) is 0.613. The van der Waals surface area contributed by atoms with E-state index in [0.29, 0.717) is 6.07 Å². The van der Waals surface area contributed by atoms with Gasteiger partial charge >= 0.3 is 0 Å². The first kappa shape index (κ1) is 12.1. The molecule has 9 heteroatoms. The summed E-state index contributed by atoms with van der Waals surface area (Å²) < 4.78 is 46.5. The summed E-state index contributed by atoms with van der Waals surface area (Å²) in [7, 11) is -4.51. The summed E-state index contributed by atoms with van der Waals surface area (Å²) in [6.45, 7) is 0. The Morgan fingerprint density at radius 2 is 2.00 bits per heavy atom. The van der Waals surface area contributed by atoms with Crippen molar-refractivity contribution in [3.8, 4) is 0 Å². The fraction of sp³-hybridized carbons (Fsp3) is 0.167. The van der Waals surface area contributed by atoms with E-state index < -0.39 is 32.5 Å².